The second kappa shape index (κ2) is 6.75. The molecule has 0 aromatic heterocycles. The lowest BCUT2D eigenvalue weighted by atomic mass is 9.74. The van der Waals surface area contributed by atoms with Gasteiger partial charge < -0.3 is 25.0 Å². The van der Waals surface area contributed by atoms with Crippen molar-refractivity contribution in [3.05, 3.63) is 24.3 Å². The highest BCUT2D eigenvalue weighted by Crippen LogP contribution is 2.42. The van der Waals surface area contributed by atoms with Crippen molar-refractivity contribution in [3.8, 4) is 5.75 Å². The smallest absolute Gasteiger partial charge is 0.317 e. The Labute approximate surface area is 148 Å². The van der Waals surface area contributed by atoms with Gasteiger partial charge in [0.05, 0.1) is 5.60 Å². The van der Waals surface area contributed by atoms with Crippen LogP contribution in [0.3, 0.4) is 0 Å². The van der Waals surface area contributed by atoms with E-state index in [0.29, 0.717) is 13.1 Å². The number of nitrogens with one attached hydrogen (secondary N) is 1. The molecule has 6 heteroatoms. The predicted octanol–water partition coefficient (Wildman–Crippen LogP) is 2.33. The fraction of sp³-hybridized carbons (Fsp3) is 0.632. The Bertz CT molecular complexity index is 624. The van der Waals surface area contributed by atoms with Crippen molar-refractivity contribution in [3.63, 3.8) is 0 Å². The Morgan fingerprint density at radius 1 is 1.24 bits per heavy atom. The molecule has 2 aliphatic heterocycles. The number of amides is 2. The van der Waals surface area contributed by atoms with Gasteiger partial charge in [0.1, 0.15) is 5.75 Å². The number of nitrogens with zero attached hydrogens (tertiary/aromatic N) is 2. The molecule has 2 amide bonds. The summed E-state index contributed by atoms with van der Waals surface area (Å²) >= 11 is 0. The SMILES string of the molecule is O=C(NC1CCOC2(CCC2)C1)N1CCN(c2cccc(O)c2)CC1. The van der Waals surface area contributed by atoms with Gasteiger partial charge in [-0.1, -0.05) is 6.07 Å². The standard InChI is InChI=1S/C19H27N3O3/c23-17-4-1-3-16(13-17)21-8-10-22(11-9-21)18(24)20-15-5-12-25-19(14-15)6-2-7-19/h1,3-4,13,15,23H,2,5-12,14H2,(H,20,24). The van der Waals surface area contributed by atoms with Crippen LogP contribution in [0.5, 0.6) is 5.75 Å². The van der Waals surface area contributed by atoms with E-state index in [1.165, 1.54) is 6.42 Å². The molecule has 2 heterocycles. The number of rotatable bonds is 2. The first-order valence-corrected chi connectivity index (χ1v) is 9.37. The molecule has 1 aromatic carbocycles. The molecule has 2 saturated heterocycles. The average molecular weight is 345 g/mol. The molecular weight excluding hydrogens is 318 g/mol. The van der Waals surface area contributed by atoms with Crippen LogP contribution in [-0.2, 0) is 4.74 Å². The average Bonchev–Trinajstić information content (AvgIpc) is 2.61. The normalized spacial score (nSPS) is 25.5. The molecule has 1 saturated carbocycles. The molecule has 3 fully saturated rings. The van der Waals surface area contributed by atoms with Crippen LogP contribution in [0.15, 0.2) is 24.3 Å². The zero-order valence-electron chi connectivity index (χ0n) is 14.6. The van der Waals surface area contributed by atoms with Crippen LogP contribution in [0.2, 0.25) is 0 Å². The van der Waals surface area contributed by atoms with Gasteiger partial charge in [-0.05, 0) is 44.2 Å². The third-order valence-corrected chi connectivity index (χ3v) is 5.85. The Morgan fingerprint density at radius 2 is 2.04 bits per heavy atom. The molecule has 1 atom stereocenters. The van der Waals surface area contributed by atoms with E-state index in [2.05, 4.69) is 10.2 Å². The summed E-state index contributed by atoms with van der Waals surface area (Å²) in [4.78, 5) is 16.7. The van der Waals surface area contributed by atoms with E-state index in [4.69, 9.17) is 4.74 Å². The van der Waals surface area contributed by atoms with Crippen molar-refractivity contribution in [1.82, 2.24) is 10.2 Å². The molecule has 1 aliphatic carbocycles. The van der Waals surface area contributed by atoms with E-state index in [1.807, 2.05) is 17.0 Å². The van der Waals surface area contributed by atoms with Crippen molar-refractivity contribution in [2.45, 2.75) is 43.7 Å². The largest absolute Gasteiger partial charge is 0.508 e. The highest BCUT2D eigenvalue weighted by Gasteiger charge is 2.43. The van der Waals surface area contributed by atoms with Gasteiger partial charge in [0.25, 0.3) is 0 Å². The van der Waals surface area contributed by atoms with Crippen LogP contribution in [0, 0.1) is 0 Å². The molecular formula is C19H27N3O3. The van der Waals surface area contributed by atoms with E-state index in [-0.39, 0.29) is 23.4 Å². The summed E-state index contributed by atoms with van der Waals surface area (Å²) in [6.07, 6.45) is 5.40. The van der Waals surface area contributed by atoms with Gasteiger partial charge in [-0.2, -0.15) is 0 Å². The Hall–Kier alpha value is -1.95. The molecule has 136 valence electrons. The third kappa shape index (κ3) is 3.54. The van der Waals surface area contributed by atoms with Crippen LogP contribution >= 0.6 is 0 Å². The quantitative estimate of drug-likeness (QED) is 0.863. The number of hydrogen-bond donors (Lipinski definition) is 2. The van der Waals surface area contributed by atoms with E-state index in [9.17, 15) is 9.90 Å². The predicted molar refractivity (Wildman–Crippen MR) is 96.0 cm³/mol. The van der Waals surface area contributed by atoms with Crippen molar-refractivity contribution < 1.29 is 14.6 Å². The van der Waals surface area contributed by atoms with Crippen LogP contribution in [-0.4, -0.2) is 60.5 Å². The lowest BCUT2D eigenvalue weighted by molar-refractivity contribution is -0.134. The molecule has 1 spiro atoms. The van der Waals surface area contributed by atoms with Gasteiger partial charge in [0.15, 0.2) is 0 Å². The first-order valence-electron chi connectivity index (χ1n) is 9.37. The summed E-state index contributed by atoms with van der Waals surface area (Å²) in [5, 5.41) is 12.8. The summed E-state index contributed by atoms with van der Waals surface area (Å²) in [6.45, 7) is 3.74. The van der Waals surface area contributed by atoms with Crippen molar-refractivity contribution in [1.29, 1.82) is 0 Å². The minimum atomic E-state index is 0.0527. The highest BCUT2D eigenvalue weighted by atomic mass is 16.5. The molecule has 1 unspecified atom stereocenters. The van der Waals surface area contributed by atoms with Gasteiger partial charge in [0.2, 0.25) is 0 Å². The minimum absolute atomic E-state index is 0.0527. The number of carbonyl (C=O) groups excluding carboxylic acids is 1. The lowest BCUT2D eigenvalue weighted by Gasteiger charge is -2.47. The van der Waals surface area contributed by atoms with Gasteiger partial charge in [0, 0.05) is 50.6 Å². The van der Waals surface area contributed by atoms with Crippen LogP contribution in [0.1, 0.15) is 32.1 Å². The number of aromatic hydroxyl groups is 1. The maximum Gasteiger partial charge on any atom is 0.317 e. The summed E-state index contributed by atoms with van der Waals surface area (Å²) in [5.74, 6) is 0.280. The monoisotopic (exact) mass is 345 g/mol. The van der Waals surface area contributed by atoms with Gasteiger partial charge in [-0.25, -0.2) is 4.79 Å². The fourth-order valence-electron chi connectivity index (χ4n) is 4.19. The molecule has 3 aliphatic rings. The van der Waals surface area contributed by atoms with Crippen molar-refractivity contribution in [2.75, 3.05) is 37.7 Å². The van der Waals surface area contributed by atoms with Crippen molar-refractivity contribution in [2.24, 2.45) is 0 Å². The number of carbonyl (C=O) groups is 1. The van der Waals surface area contributed by atoms with E-state index in [1.54, 1.807) is 12.1 Å². The van der Waals surface area contributed by atoms with E-state index < -0.39 is 0 Å². The number of anilines is 1. The molecule has 0 bridgehead atoms. The number of phenols is 1. The Balaban J connectivity index is 1.28. The third-order valence-electron chi connectivity index (χ3n) is 5.85. The molecule has 0 radical (unpaired) electrons. The first-order chi connectivity index (χ1) is 12.1. The molecule has 25 heavy (non-hydrogen) atoms. The zero-order chi connectivity index (χ0) is 17.3. The summed E-state index contributed by atoms with van der Waals surface area (Å²) in [7, 11) is 0. The van der Waals surface area contributed by atoms with E-state index in [0.717, 1.165) is 51.1 Å². The number of hydrogen-bond acceptors (Lipinski definition) is 4. The van der Waals surface area contributed by atoms with E-state index >= 15 is 0 Å². The summed E-state index contributed by atoms with van der Waals surface area (Å²) in [6, 6.07) is 7.59. The second-order valence-electron chi connectivity index (χ2n) is 7.52. The topological polar surface area (TPSA) is 65.0 Å². The highest BCUT2D eigenvalue weighted by molar-refractivity contribution is 5.75. The molecule has 1 aromatic rings. The summed E-state index contributed by atoms with van der Waals surface area (Å²) in [5.41, 5.74) is 1.07. The number of benzene rings is 1. The number of ether oxygens (including phenoxy) is 1. The van der Waals surface area contributed by atoms with Crippen molar-refractivity contribution >= 4 is 11.7 Å². The molecule has 6 nitrogen and oxygen atoms in total. The first kappa shape index (κ1) is 16.5. The van der Waals surface area contributed by atoms with Crippen LogP contribution < -0.4 is 10.2 Å². The van der Waals surface area contributed by atoms with Crippen LogP contribution in [0.25, 0.3) is 0 Å². The van der Waals surface area contributed by atoms with Crippen LogP contribution in [0.4, 0.5) is 10.5 Å². The number of piperazine rings is 1. The minimum Gasteiger partial charge on any atom is -0.508 e. The zero-order valence-corrected chi connectivity index (χ0v) is 14.6. The number of urea groups is 1. The summed E-state index contributed by atoms with van der Waals surface area (Å²) < 4.78 is 5.94. The van der Waals surface area contributed by atoms with Gasteiger partial charge >= 0.3 is 6.03 Å². The Kier molecular flexibility index (Phi) is 4.46. The fourth-order valence-corrected chi connectivity index (χ4v) is 4.19. The number of phenolic OH excluding ortho intramolecular Hbond substituents is 1. The Morgan fingerprint density at radius 3 is 2.72 bits per heavy atom. The molecule has 4 rings (SSSR count). The maximum absolute atomic E-state index is 12.6. The molecule has 2 N–H and O–H groups in total. The van der Waals surface area contributed by atoms with Gasteiger partial charge in [-0.3, -0.25) is 0 Å². The maximum atomic E-state index is 12.6. The second-order valence-corrected chi connectivity index (χ2v) is 7.52. The van der Waals surface area contributed by atoms with Gasteiger partial charge in [-0.15, -0.1) is 0 Å². The lowest BCUT2D eigenvalue weighted by Crippen LogP contribution is -2.57.